The molecule has 0 spiro atoms. The van der Waals surface area contributed by atoms with E-state index in [1.807, 2.05) is 0 Å². The molecule has 0 heterocycles. The van der Waals surface area contributed by atoms with Crippen LogP contribution in [0, 0.1) is 5.82 Å². The van der Waals surface area contributed by atoms with Gasteiger partial charge in [-0.05, 0) is 25.1 Å². The Morgan fingerprint density at radius 3 is 2.64 bits per heavy atom. The average Bonchev–Trinajstić information content (AvgIpc) is 2.58. The van der Waals surface area contributed by atoms with E-state index in [2.05, 4.69) is 4.99 Å². The molecule has 2 aromatic rings. The monoisotopic (exact) mass is 365 g/mol. The van der Waals surface area contributed by atoms with Gasteiger partial charge >= 0.3 is 5.97 Å². The van der Waals surface area contributed by atoms with Crippen LogP contribution in [0.1, 0.15) is 6.92 Å². The highest BCUT2D eigenvalue weighted by atomic mass is 35.5. The van der Waals surface area contributed by atoms with Crippen LogP contribution in [0.15, 0.2) is 41.4 Å². The van der Waals surface area contributed by atoms with Crippen LogP contribution in [0.25, 0.3) is 0 Å². The first kappa shape index (κ1) is 18.4. The van der Waals surface area contributed by atoms with Gasteiger partial charge in [0.05, 0.1) is 11.6 Å². The third kappa shape index (κ3) is 5.04. The number of benzene rings is 2. The van der Waals surface area contributed by atoms with Crippen molar-refractivity contribution in [2.45, 2.75) is 6.92 Å². The van der Waals surface area contributed by atoms with Crippen molar-refractivity contribution in [2.75, 3.05) is 13.2 Å². The largest absolute Gasteiger partial charge is 0.478 e. The summed E-state index contributed by atoms with van der Waals surface area (Å²) in [6.45, 7) is 1.63. The molecule has 0 aromatic heterocycles. The van der Waals surface area contributed by atoms with Crippen LogP contribution < -0.4 is 9.47 Å². The summed E-state index contributed by atoms with van der Waals surface area (Å²) in [5, 5.41) is -0.0254. The molecule has 25 heavy (non-hydrogen) atoms. The molecule has 0 aliphatic heterocycles. The zero-order valence-electron chi connectivity index (χ0n) is 13.1. The topological polar surface area (TPSA) is 74.2 Å². The van der Waals surface area contributed by atoms with Crippen LogP contribution in [0.2, 0.25) is 5.02 Å². The number of esters is 1. The first-order chi connectivity index (χ1) is 12.0. The summed E-state index contributed by atoms with van der Waals surface area (Å²) in [6, 6.07) is 8.63. The molecule has 2 rings (SSSR count). The number of nitrogens with zero attached hydrogens (tertiary/aromatic N) is 1. The van der Waals surface area contributed by atoms with Gasteiger partial charge in [0, 0.05) is 6.07 Å². The van der Waals surface area contributed by atoms with Gasteiger partial charge in [-0.1, -0.05) is 23.7 Å². The minimum absolute atomic E-state index is 0.0254. The fourth-order valence-corrected chi connectivity index (χ4v) is 2.03. The van der Waals surface area contributed by atoms with Crippen molar-refractivity contribution < 1.29 is 28.2 Å². The first-order valence-corrected chi connectivity index (χ1v) is 7.55. The molecular formula is C17H13ClFNO5. The van der Waals surface area contributed by atoms with Crippen molar-refractivity contribution in [3.63, 3.8) is 0 Å². The fourth-order valence-electron chi connectivity index (χ4n) is 1.84. The lowest BCUT2D eigenvalue weighted by Crippen LogP contribution is -2.14. The van der Waals surface area contributed by atoms with Gasteiger partial charge in [0.15, 0.2) is 23.9 Å². The number of aliphatic imine (C=N–C) groups is 1. The Hall–Kier alpha value is -2.89. The third-order valence-electron chi connectivity index (χ3n) is 2.89. The lowest BCUT2D eigenvalue weighted by atomic mass is 10.2. The van der Waals surface area contributed by atoms with E-state index >= 15 is 0 Å². The van der Waals surface area contributed by atoms with Gasteiger partial charge in [-0.3, -0.25) is 0 Å². The van der Waals surface area contributed by atoms with Crippen molar-refractivity contribution in [3.05, 3.63) is 47.2 Å². The number of carbonyl (C=O) groups is 1. The molecule has 0 N–H and O–H groups in total. The van der Waals surface area contributed by atoms with E-state index < -0.39 is 11.8 Å². The lowest BCUT2D eigenvalue weighted by molar-refractivity contribution is -0.145. The molecule has 6 nitrogen and oxygen atoms in total. The van der Waals surface area contributed by atoms with Gasteiger partial charge in [-0.15, -0.1) is 0 Å². The van der Waals surface area contributed by atoms with E-state index in [9.17, 15) is 14.0 Å². The third-order valence-corrected chi connectivity index (χ3v) is 3.18. The highest BCUT2D eigenvalue weighted by molar-refractivity contribution is 6.32. The second-order valence-electron chi connectivity index (χ2n) is 4.58. The van der Waals surface area contributed by atoms with Crippen LogP contribution in [0.4, 0.5) is 10.1 Å². The van der Waals surface area contributed by atoms with Gasteiger partial charge in [-0.2, -0.15) is 4.99 Å². The summed E-state index contributed by atoms with van der Waals surface area (Å²) >= 11 is 5.95. The molecule has 0 fully saturated rings. The minimum Gasteiger partial charge on any atom is -0.478 e. The van der Waals surface area contributed by atoms with Crippen LogP contribution in [-0.4, -0.2) is 25.3 Å². The summed E-state index contributed by atoms with van der Waals surface area (Å²) < 4.78 is 29.4. The standard InChI is InChI=1S/C17H13ClFNO5/c1-2-23-17(22)9-24-14-5-3-4-6-15(14)25-16-8-13(20-10-21)12(19)7-11(16)18/h3-8H,2,9H2,1H3. The van der Waals surface area contributed by atoms with Crippen molar-refractivity contribution in [2.24, 2.45) is 4.99 Å². The Balaban J connectivity index is 2.24. The number of rotatable bonds is 7. The van der Waals surface area contributed by atoms with E-state index in [1.54, 1.807) is 31.2 Å². The number of ether oxygens (including phenoxy) is 3. The molecule has 0 atom stereocenters. The van der Waals surface area contributed by atoms with Crippen LogP contribution in [-0.2, 0) is 14.3 Å². The lowest BCUT2D eigenvalue weighted by Gasteiger charge is -2.13. The van der Waals surface area contributed by atoms with Crippen LogP contribution >= 0.6 is 11.6 Å². The molecule has 8 heteroatoms. The van der Waals surface area contributed by atoms with Gasteiger partial charge < -0.3 is 14.2 Å². The summed E-state index contributed by atoms with van der Waals surface area (Å²) in [7, 11) is 0. The maximum absolute atomic E-state index is 13.6. The Morgan fingerprint density at radius 2 is 1.96 bits per heavy atom. The Labute approximate surface area is 147 Å². The van der Waals surface area contributed by atoms with E-state index in [0.29, 0.717) is 0 Å². The number of halogens is 2. The van der Waals surface area contributed by atoms with E-state index in [1.165, 1.54) is 6.08 Å². The van der Waals surface area contributed by atoms with Crippen LogP contribution in [0.5, 0.6) is 17.2 Å². The van der Waals surface area contributed by atoms with Gasteiger partial charge in [-0.25, -0.2) is 14.0 Å². The summed E-state index contributed by atoms with van der Waals surface area (Å²) in [6.07, 6.45) is 1.25. The quantitative estimate of drug-likeness (QED) is 0.418. The number of hydrogen-bond acceptors (Lipinski definition) is 6. The fraction of sp³-hybridized carbons (Fsp3) is 0.176. The number of para-hydroxylation sites is 2. The normalized spacial score (nSPS) is 9.88. The van der Waals surface area contributed by atoms with Gasteiger partial charge in [0.2, 0.25) is 6.08 Å². The molecule has 0 amide bonds. The number of isocyanates is 1. The van der Waals surface area contributed by atoms with E-state index in [0.717, 1.165) is 12.1 Å². The van der Waals surface area contributed by atoms with E-state index in [-0.39, 0.29) is 41.2 Å². The maximum atomic E-state index is 13.6. The maximum Gasteiger partial charge on any atom is 0.344 e. The van der Waals surface area contributed by atoms with Crippen molar-refractivity contribution >= 4 is 29.3 Å². The average molecular weight is 366 g/mol. The predicted molar refractivity (Wildman–Crippen MR) is 87.8 cm³/mol. The highest BCUT2D eigenvalue weighted by Gasteiger charge is 2.14. The first-order valence-electron chi connectivity index (χ1n) is 7.17. The van der Waals surface area contributed by atoms with E-state index in [4.69, 9.17) is 25.8 Å². The minimum atomic E-state index is -0.785. The van der Waals surface area contributed by atoms with Gasteiger partial charge in [0.1, 0.15) is 11.4 Å². The summed E-state index contributed by atoms with van der Waals surface area (Å²) in [5.41, 5.74) is -0.265. The molecule has 0 radical (unpaired) electrons. The molecule has 0 bridgehead atoms. The molecular weight excluding hydrogens is 353 g/mol. The molecule has 130 valence electrons. The Morgan fingerprint density at radius 1 is 1.24 bits per heavy atom. The molecule has 0 saturated carbocycles. The SMILES string of the molecule is CCOC(=O)COc1ccccc1Oc1cc(N=C=O)c(F)cc1Cl. The smallest absolute Gasteiger partial charge is 0.344 e. The number of carbonyl (C=O) groups excluding carboxylic acids is 2. The zero-order valence-corrected chi connectivity index (χ0v) is 13.9. The van der Waals surface area contributed by atoms with Crippen molar-refractivity contribution in [3.8, 4) is 17.2 Å². The molecule has 0 aliphatic carbocycles. The second kappa shape index (κ2) is 8.82. The van der Waals surface area contributed by atoms with Crippen molar-refractivity contribution in [1.29, 1.82) is 0 Å². The molecule has 2 aromatic carbocycles. The Bertz CT molecular complexity index is 821. The van der Waals surface area contributed by atoms with Crippen molar-refractivity contribution in [1.82, 2.24) is 0 Å². The summed E-state index contributed by atoms with van der Waals surface area (Å²) in [4.78, 5) is 25.0. The Kier molecular flexibility index (Phi) is 6.51. The number of hydrogen-bond donors (Lipinski definition) is 0. The second-order valence-corrected chi connectivity index (χ2v) is 4.99. The molecule has 0 saturated heterocycles. The molecule has 0 unspecified atom stereocenters. The predicted octanol–water partition coefficient (Wildman–Crippen LogP) is 4.18. The zero-order chi connectivity index (χ0) is 18.2. The summed E-state index contributed by atoms with van der Waals surface area (Å²) in [5.74, 6) is -0.755. The molecule has 0 aliphatic rings. The van der Waals surface area contributed by atoms with Crippen LogP contribution in [0.3, 0.4) is 0 Å². The van der Waals surface area contributed by atoms with Gasteiger partial charge in [0.25, 0.3) is 0 Å². The highest BCUT2D eigenvalue weighted by Crippen LogP contribution is 2.38.